The number of benzene rings is 1. The summed E-state index contributed by atoms with van der Waals surface area (Å²) in [5.41, 5.74) is 0.451. The highest BCUT2D eigenvalue weighted by atomic mass is 79.9. The van der Waals surface area contributed by atoms with E-state index >= 15 is 0 Å². The van der Waals surface area contributed by atoms with Crippen LogP contribution in [0.5, 0.6) is 5.75 Å². The molecule has 94 valence electrons. The van der Waals surface area contributed by atoms with E-state index in [4.69, 9.17) is 4.74 Å². The zero-order valence-electron chi connectivity index (χ0n) is 9.62. The van der Waals surface area contributed by atoms with Crippen molar-refractivity contribution in [3.63, 3.8) is 0 Å². The minimum atomic E-state index is -0.520. The number of nitrogens with one attached hydrogen (secondary N) is 2. The van der Waals surface area contributed by atoms with Crippen molar-refractivity contribution in [2.75, 3.05) is 7.11 Å². The number of rotatable bonds is 3. The van der Waals surface area contributed by atoms with E-state index < -0.39 is 11.2 Å². The van der Waals surface area contributed by atoms with Crippen LogP contribution >= 0.6 is 15.9 Å². The first-order valence-electron chi connectivity index (χ1n) is 5.24. The third-order valence-corrected chi connectivity index (χ3v) is 3.35. The minimum absolute atomic E-state index is 0.327. The van der Waals surface area contributed by atoms with E-state index in [2.05, 4.69) is 25.9 Å². The van der Waals surface area contributed by atoms with Gasteiger partial charge in [0.05, 0.1) is 7.11 Å². The predicted molar refractivity (Wildman–Crippen MR) is 71.2 cm³/mol. The zero-order chi connectivity index (χ0) is 13.1. The van der Waals surface area contributed by atoms with Gasteiger partial charge in [-0.05, 0) is 22.0 Å². The quantitative estimate of drug-likeness (QED) is 0.900. The van der Waals surface area contributed by atoms with Crippen LogP contribution in [0.1, 0.15) is 11.3 Å². The van der Waals surface area contributed by atoms with E-state index in [9.17, 15) is 9.59 Å². The molecule has 0 bridgehead atoms. The van der Waals surface area contributed by atoms with Crippen LogP contribution in [-0.2, 0) is 6.42 Å². The van der Waals surface area contributed by atoms with Crippen molar-refractivity contribution >= 4 is 15.9 Å². The predicted octanol–water partition coefficient (Wildman–Crippen LogP) is 1.43. The van der Waals surface area contributed by atoms with Crippen LogP contribution in [0.15, 0.2) is 38.3 Å². The van der Waals surface area contributed by atoms with Gasteiger partial charge in [-0.3, -0.25) is 9.78 Å². The van der Waals surface area contributed by atoms with Crippen molar-refractivity contribution in [3.05, 3.63) is 60.8 Å². The molecule has 0 saturated heterocycles. The number of hydrogen-bond donors (Lipinski definition) is 2. The number of para-hydroxylation sites is 1. The molecule has 1 aromatic heterocycles. The van der Waals surface area contributed by atoms with Crippen LogP contribution in [0.4, 0.5) is 0 Å². The van der Waals surface area contributed by atoms with Gasteiger partial charge in [0, 0.05) is 17.7 Å². The number of ether oxygens (including phenoxy) is 1. The molecule has 1 heterocycles. The molecule has 2 aromatic rings. The summed E-state index contributed by atoms with van der Waals surface area (Å²) in [5.74, 6) is 0.713. The van der Waals surface area contributed by atoms with Gasteiger partial charge >= 0.3 is 5.69 Å². The van der Waals surface area contributed by atoms with Gasteiger partial charge < -0.3 is 9.72 Å². The topological polar surface area (TPSA) is 75.0 Å². The largest absolute Gasteiger partial charge is 0.496 e. The third-order valence-electron chi connectivity index (χ3n) is 2.52. The highest BCUT2D eigenvalue weighted by Crippen LogP contribution is 2.21. The standard InChI is InChI=1S/C12H11BrN2O3/c1-18-9-5-3-2-4-7(9)6-8-10(13)11(16)15-12(17)14-8/h2-5H,6H2,1H3,(H2,14,15,16,17). The first kappa shape index (κ1) is 12.6. The van der Waals surface area contributed by atoms with E-state index in [1.54, 1.807) is 7.11 Å². The molecule has 5 nitrogen and oxygen atoms in total. The third kappa shape index (κ3) is 2.53. The molecule has 0 radical (unpaired) electrons. The van der Waals surface area contributed by atoms with Gasteiger partial charge in [0.25, 0.3) is 5.56 Å². The van der Waals surface area contributed by atoms with Gasteiger partial charge in [0.15, 0.2) is 0 Å². The number of hydrogen-bond acceptors (Lipinski definition) is 3. The zero-order valence-corrected chi connectivity index (χ0v) is 11.2. The molecular formula is C12H11BrN2O3. The summed E-state index contributed by atoms with van der Waals surface area (Å²) >= 11 is 3.16. The first-order chi connectivity index (χ1) is 8.61. The second kappa shape index (κ2) is 5.22. The van der Waals surface area contributed by atoms with Gasteiger partial charge in [0.1, 0.15) is 10.2 Å². The summed E-state index contributed by atoms with van der Waals surface area (Å²) in [6.45, 7) is 0. The van der Waals surface area contributed by atoms with Crippen LogP contribution in [0, 0.1) is 0 Å². The maximum absolute atomic E-state index is 11.5. The molecule has 0 aliphatic heterocycles. The summed E-state index contributed by atoms with van der Waals surface area (Å²) in [6.07, 6.45) is 0.407. The summed E-state index contributed by atoms with van der Waals surface area (Å²) in [4.78, 5) is 27.4. The number of halogens is 1. The summed E-state index contributed by atoms with van der Waals surface area (Å²) in [6, 6.07) is 7.44. The van der Waals surface area contributed by atoms with Gasteiger partial charge in [-0.25, -0.2) is 4.79 Å². The summed E-state index contributed by atoms with van der Waals surface area (Å²) < 4.78 is 5.55. The Morgan fingerprint density at radius 1 is 1.22 bits per heavy atom. The first-order valence-corrected chi connectivity index (χ1v) is 6.04. The maximum atomic E-state index is 11.5. The van der Waals surface area contributed by atoms with Gasteiger partial charge in [-0.2, -0.15) is 0 Å². The fraction of sp³-hybridized carbons (Fsp3) is 0.167. The molecule has 0 aliphatic rings. The van der Waals surface area contributed by atoms with Crippen molar-refractivity contribution in [2.45, 2.75) is 6.42 Å². The Balaban J connectivity index is 2.46. The van der Waals surface area contributed by atoms with Crippen molar-refractivity contribution in [1.29, 1.82) is 0 Å². The van der Waals surface area contributed by atoms with Crippen LogP contribution in [0.3, 0.4) is 0 Å². The Morgan fingerprint density at radius 3 is 2.67 bits per heavy atom. The van der Waals surface area contributed by atoms with E-state index in [-0.39, 0.29) is 0 Å². The molecule has 0 spiro atoms. The second-order valence-electron chi connectivity index (χ2n) is 3.69. The number of H-pyrrole nitrogens is 2. The fourth-order valence-corrected chi connectivity index (χ4v) is 2.02. The molecule has 2 rings (SSSR count). The lowest BCUT2D eigenvalue weighted by Gasteiger charge is -2.08. The highest BCUT2D eigenvalue weighted by Gasteiger charge is 2.09. The Labute approximate surface area is 111 Å². The monoisotopic (exact) mass is 310 g/mol. The smallest absolute Gasteiger partial charge is 0.325 e. The number of methoxy groups -OCH3 is 1. The van der Waals surface area contributed by atoms with Crippen molar-refractivity contribution < 1.29 is 4.74 Å². The molecule has 0 saturated carbocycles. The van der Waals surface area contributed by atoms with E-state index in [0.717, 1.165) is 5.56 Å². The Kier molecular flexibility index (Phi) is 3.66. The molecular weight excluding hydrogens is 300 g/mol. The summed E-state index contributed by atoms with van der Waals surface area (Å²) in [5, 5.41) is 0. The molecule has 0 aliphatic carbocycles. The van der Waals surface area contributed by atoms with E-state index in [1.807, 2.05) is 24.3 Å². The molecule has 18 heavy (non-hydrogen) atoms. The van der Waals surface area contributed by atoms with Crippen LogP contribution in [0.25, 0.3) is 0 Å². The second-order valence-corrected chi connectivity index (χ2v) is 4.48. The lowest BCUT2D eigenvalue weighted by atomic mass is 10.1. The van der Waals surface area contributed by atoms with E-state index in [1.165, 1.54) is 0 Å². The van der Waals surface area contributed by atoms with Crippen LogP contribution in [-0.4, -0.2) is 17.1 Å². The molecule has 6 heteroatoms. The minimum Gasteiger partial charge on any atom is -0.496 e. The fourth-order valence-electron chi connectivity index (χ4n) is 1.68. The molecule has 0 unspecified atom stereocenters. The average molecular weight is 311 g/mol. The maximum Gasteiger partial charge on any atom is 0.325 e. The lowest BCUT2D eigenvalue weighted by Crippen LogP contribution is -2.25. The van der Waals surface area contributed by atoms with Gasteiger partial charge in [-0.1, -0.05) is 18.2 Å². The Bertz CT molecular complexity index is 676. The lowest BCUT2D eigenvalue weighted by molar-refractivity contribution is 0.410. The summed E-state index contributed by atoms with van der Waals surface area (Å²) in [7, 11) is 1.58. The van der Waals surface area contributed by atoms with Crippen LogP contribution in [0.2, 0.25) is 0 Å². The van der Waals surface area contributed by atoms with Gasteiger partial charge in [0.2, 0.25) is 0 Å². The Morgan fingerprint density at radius 2 is 1.94 bits per heavy atom. The molecule has 2 N–H and O–H groups in total. The van der Waals surface area contributed by atoms with Crippen molar-refractivity contribution in [2.24, 2.45) is 0 Å². The molecule has 1 aromatic carbocycles. The van der Waals surface area contributed by atoms with Gasteiger partial charge in [-0.15, -0.1) is 0 Å². The molecule has 0 atom stereocenters. The Hall–Kier alpha value is -1.82. The average Bonchev–Trinajstić information content (AvgIpc) is 2.36. The van der Waals surface area contributed by atoms with Crippen LogP contribution < -0.4 is 16.0 Å². The SMILES string of the molecule is COc1ccccc1Cc1[nH]c(=O)[nH]c(=O)c1Br. The van der Waals surface area contributed by atoms with Crippen molar-refractivity contribution in [1.82, 2.24) is 9.97 Å². The number of aromatic amines is 2. The van der Waals surface area contributed by atoms with E-state index in [0.29, 0.717) is 22.3 Å². The molecule has 0 amide bonds. The highest BCUT2D eigenvalue weighted by molar-refractivity contribution is 9.10. The number of aromatic nitrogens is 2. The normalized spacial score (nSPS) is 10.3. The van der Waals surface area contributed by atoms with Crippen molar-refractivity contribution in [3.8, 4) is 5.75 Å². The molecule has 0 fully saturated rings.